The maximum atomic E-state index is 12.4. The molecular weight excluding hydrogens is 306 g/mol. The van der Waals surface area contributed by atoms with Crippen molar-refractivity contribution in [3.8, 4) is 0 Å². The lowest BCUT2D eigenvalue weighted by Crippen LogP contribution is -2.57. The first-order valence-electron chi connectivity index (χ1n) is 7.26. The molecule has 3 fully saturated rings. The molecule has 5 heterocycles. The number of piperidine rings is 3. The average molecular weight is 322 g/mol. The Hall–Kier alpha value is -1.17. The second kappa shape index (κ2) is 5.23. The lowest BCUT2D eigenvalue weighted by molar-refractivity contribution is 0.0618. The number of rotatable bonds is 2. The molecule has 1 N–H and O–H groups in total. The van der Waals surface area contributed by atoms with Gasteiger partial charge in [0.1, 0.15) is 5.69 Å². The fourth-order valence-electron chi connectivity index (χ4n) is 3.40. The van der Waals surface area contributed by atoms with Crippen LogP contribution in [0.4, 0.5) is 0 Å². The van der Waals surface area contributed by atoms with Crippen LogP contribution in [0.5, 0.6) is 0 Å². The number of hydrogen-bond acceptors (Lipinski definition) is 4. The SMILES string of the molecule is O=C(NC1CN2CCC1CC2)c1cc2c(Cl)csc2cn1. The van der Waals surface area contributed by atoms with E-state index in [1.807, 2.05) is 5.38 Å². The fourth-order valence-corrected chi connectivity index (χ4v) is 4.51. The van der Waals surface area contributed by atoms with Gasteiger partial charge in [0.05, 0.1) is 9.72 Å². The number of hydrogen-bond donors (Lipinski definition) is 1. The summed E-state index contributed by atoms with van der Waals surface area (Å²) in [5, 5.41) is 6.64. The molecule has 2 aromatic heterocycles. The van der Waals surface area contributed by atoms with Gasteiger partial charge in [-0.25, -0.2) is 4.98 Å². The van der Waals surface area contributed by atoms with E-state index in [0.29, 0.717) is 16.6 Å². The van der Waals surface area contributed by atoms with E-state index in [2.05, 4.69) is 15.2 Å². The summed E-state index contributed by atoms with van der Waals surface area (Å²) in [7, 11) is 0. The minimum atomic E-state index is -0.0853. The van der Waals surface area contributed by atoms with E-state index in [1.165, 1.54) is 25.9 Å². The largest absolute Gasteiger partial charge is 0.346 e. The summed E-state index contributed by atoms with van der Waals surface area (Å²) < 4.78 is 1.01. The fraction of sp³-hybridized carbons (Fsp3) is 0.467. The highest BCUT2D eigenvalue weighted by molar-refractivity contribution is 7.17. The van der Waals surface area contributed by atoms with Crippen LogP contribution in [0.1, 0.15) is 23.3 Å². The number of nitrogens with one attached hydrogen (secondary N) is 1. The zero-order valence-corrected chi connectivity index (χ0v) is 13.1. The van der Waals surface area contributed by atoms with Gasteiger partial charge in [-0.3, -0.25) is 4.79 Å². The third-order valence-electron chi connectivity index (χ3n) is 4.62. The van der Waals surface area contributed by atoms with Crippen LogP contribution in [0, 0.1) is 5.92 Å². The van der Waals surface area contributed by atoms with E-state index < -0.39 is 0 Å². The summed E-state index contributed by atoms with van der Waals surface area (Å²) in [6.07, 6.45) is 4.11. The molecule has 1 amide bonds. The first-order chi connectivity index (χ1) is 10.2. The molecule has 1 unspecified atom stereocenters. The molecule has 2 aromatic rings. The van der Waals surface area contributed by atoms with Gasteiger partial charge in [0.15, 0.2) is 0 Å². The maximum absolute atomic E-state index is 12.4. The lowest BCUT2D eigenvalue weighted by atomic mass is 9.84. The van der Waals surface area contributed by atoms with Crippen molar-refractivity contribution >= 4 is 38.9 Å². The van der Waals surface area contributed by atoms with E-state index >= 15 is 0 Å². The number of carbonyl (C=O) groups is 1. The predicted molar refractivity (Wildman–Crippen MR) is 85.0 cm³/mol. The van der Waals surface area contributed by atoms with Crippen molar-refractivity contribution < 1.29 is 4.79 Å². The van der Waals surface area contributed by atoms with Crippen LogP contribution in [-0.4, -0.2) is 41.5 Å². The van der Waals surface area contributed by atoms with Crippen LogP contribution in [-0.2, 0) is 0 Å². The molecule has 5 rings (SSSR count). The molecule has 0 saturated carbocycles. The molecular formula is C15H16ClN3OS. The molecule has 2 bridgehead atoms. The summed E-state index contributed by atoms with van der Waals surface area (Å²) in [4.78, 5) is 19.1. The number of carbonyl (C=O) groups excluding carboxylic acids is 1. The van der Waals surface area contributed by atoms with Gasteiger partial charge in [0.25, 0.3) is 5.91 Å². The normalized spacial score (nSPS) is 28.0. The number of amides is 1. The maximum Gasteiger partial charge on any atom is 0.270 e. The first-order valence-corrected chi connectivity index (χ1v) is 8.52. The minimum Gasteiger partial charge on any atom is -0.346 e. The molecule has 0 spiro atoms. The Morgan fingerprint density at radius 1 is 1.43 bits per heavy atom. The van der Waals surface area contributed by atoms with Crippen LogP contribution in [0.3, 0.4) is 0 Å². The van der Waals surface area contributed by atoms with Crippen LogP contribution in [0.25, 0.3) is 10.1 Å². The van der Waals surface area contributed by atoms with E-state index in [4.69, 9.17) is 11.6 Å². The van der Waals surface area contributed by atoms with Crippen LogP contribution < -0.4 is 5.32 Å². The molecule has 4 nitrogen and oxygen atoms in total. The van der Waals surface area contributed by atoms with Crippen molar-refractivity contribution in [1.82, 2.24) is 15.2 Å². The first kappa shape index (κ1) is 13.5. The predicted octanol–water partition coefficient (Wildman–Crippen LogP) is 2.77. The van der Waals surface area contributed by atoms with Crippen molar-refractivity contribution in [2.75, 3.05) is 19.6 Å². The Balaban J connectivity index is 1.54. The smallest absolute Gasteiger partial charge is 0.270 e. The zero-order valence-electron chi connectivity index (χ0n) is 11.5. The van der Waals surface area contributed by atoms with Gasteiger partial charge >= 0.3 is 0 Å². The number of halogens is 1. The molecule has 0 radical (unpaired) electrons. The molecule has 6 heteroatoms. The molecule has 0 aliphatic carbocycles. The highest BCUT2D eigenvalue weighted by Gasteiger charge is 2.35. The van der Waals surface area contributed by atoms with Crippen LogP contribution >= 0.6 is 22.9 Å². The van der Waals surface area contributed by atoms with Crippen LogP contribution in [0.15, 0.2) is 17.6 Å². The van der Waals surface area contributed by atoms with Crippen molar-refractivity contribution in [2.45, 2.75) is 18.9 Å². The number of aromatic nitrogens is 1. The highest BCUT2D eigenvalue weighted by Crippen LogP contribution is 2.30. The van der Waals surface area contributed by atoms with Crippen molar-refractivity contribution in [1.29, 1.82) is 0 Å². The Labute approximate surface area is 132 Å². The number of pyridine rings is 1. The third-order valence-corrected chi connectivity index (χ3v) is 5.99. The summed E-state index contributed by atoms with van der Waals surface area (Å²) >= 11 is 7.68. The Bertz CT molecular complexity index is 693. The third kappa shape index (κ3) is 2.43. The van der Waals surface area contributed by atoms with E-state index in [1.54, 1.807) is 23.6 Å². The zero-order chi connectivity index (χ0) is 14.4. The van der Waals surface area contributed by atoms with Crippen molar-refractivity contribution in [3.63, 3.8) is 0 Å². The highest BCUT2D eigenvalue weighted by atomic mass is 35.5. The Morgan fingerprint density at radius 2 is 2.24 bits per heavy atom. The van der Waals surface area contributed by atoms with E-state index in [-0.39, 0.29) is 11.9 Å². The van der Waals surface area contributed by atoms with E-state index in [9.17, 15) is 4.79 Å². The number of nitrogens with zero attached hydrogens (tertiary/aromatic N) is 2. The second-order valence-electron chi connectivity index (χ2n) is 5.87. The molecule has 110 valence electrons. The molecule has 3 aliphatic heterocycles. The molecule has 3 aliphatic rings. The summed E-state index contributed by atoms with van der Waals surface area (Å²) in [6.45, 7) is 3.31. The van der Waals surface area contributed by atoms with Gasteiger partial charge in [-0.05, 0) is 37.9 Å². The van der Waals surface area contributed by atoms with Gasteiger partial charge in [-0.2, -0.15) is 0 Å². The van der Waals surface area contributed by atoms with Crippen LogP contribution in [0.2, 0.25) is 5.02 Å². The van der Waals surface area contributed by atoms with E-state index in [0.717, 1.165) is 16.6 Å². The summed E-state index contributed by atoms with van der Waals surface area (Å²) in [5.41, 5.74) is 0.458. The topological polar surface area (TPSA) is 45.2 Å². The molecule has 0 aromatic carbocycles. The van der Waals surface area contributed by atoms with Crippen molar-refractivity contribution in [2.24, 2.45) is 5.92 Å². The number of fused-ring (bicyclic) bond motifs is 4. The standard InChI is InChI=1S/C15H16ClN3OS/c16-11-8-21-14-6-17-12(5-10(11)14)15(20)18-13-7-19-3-1-9(13)2-4-19/h5-6,8-9,13H,1-4,7H2,(H,18,20). The quantitative estimate of drug-likeness (QED) is 0.925. The molecule has 1 atom stereocenters. The minimum absolute atomic E-state index is 0.0853. The van der Waals surface area contributed by atoms with Gasteiger partial charge in [0, 0.05) is 29.5 Å². The molecule has 3 saturated heterocycles. The molecule has 21 heavy (non-hydrogen) atoms. The Kier molecular flexibility index (Phi) is 3.36. The van der Waals surface area contributed by atoms with Gasteiger partial charge < -0.3 is 10.2 Å². The second-order valence-corrected chi connectivity index (χ2v) is 7.19. The Morgan fingerprint density at radius 3 is 2.95 bits per heavy atom. The summed E-state index contributed by atoms with van der Waals surface area (Å²) in [6, 6.07) is 2.06. The monoisotopic (exact) mass is 321 g/mol. The number of thiophene rings is 1. The van der Waals surface area contributed by atoms with Crippen molar-refractivity contribution in [3.05, 3.63) is 28.4 Å². The summed E-state index contributed by atoms with van der Waals surface area (Å²) in [5.74, 6) is 0.533. The lowest BCUT2D eigenvalue weighted by Gasteiger charge is -2.44. The van der Waals surface area contributed by atoms with Gasteiger partial charge in [-0.15, -0.1) is 11.3 Å². The van der Waals surface area contributed by atoms with Gasteiger partial charge in [0.2, 0.25) is 0 Å². The average Bonchev–Trinajstić information content (AvgIpc) is 2.89. The van der Waals surface area contributed by atoms with Gasteiger partial charge in [-0.1, -0.05) is 11.6 Å².